The lowest BCUT2D eigenvalue weighted by molar-refractivity contribution is 0.0197. The molecule has 4 aliphatic rings. The molecule has 4 fully saturated rings. The Morgan fingerprint density at radius 2 is 1.37 bits per heavy atom. The van der Waals surface area contributed by atoms with Crippen molar-refractivity contribution in [1.29, 1.82) is 0 Å². The van der Waals surface area contributed by atoms with Crippen LogP contribution in [0, 0.1) is 37.5 Å². The van der Waals surface area contributed by atoms with Gasteiger partial charge in [0.2, 0.25) is 20.0 Å². The molecule has 8 rings (SSSR count). The van der Waals surface area contributed by atoms with Gasteiger partial charge in [-0.25, -0.2) is 21.6 Å². The number of likely N-dealkylation sites (tertiary alicyclic amines) is 1. The van der Waals surface area contributed by atoms with E-state index < -0.39 is 37.8 Å². The van der Waals surface area contributed by atoms with Crippen LogP contribution in [0.2, 0.25) is 0 Å². The summed E-state index contributed by atoms with van der Waals surface area (Å²) in [7, 11) is -7.77. The van der Waals surface area contributed by atoms with Crippen LogP contribution in [0.4, 0.5) is 4.79 Å². The van der Waals surface area contributed by atoms with Crippen LogP contribution in [0.1, 0.15) is 43.5 Å². The Morgan fingerprint density at radius 3 is 2.06 bits per heavy atom. The molecule has 51 heavy (non-hydrogen) atoms. The highest BCUT2D eigenvalue weighted by molar-refractivity contribution is 7.89. The van der Waals surface area contributed by atoms with Crippen molar-refractivity contribution in [1.82, 2.24) is 28.8 Å². The van der Waals surface area contributed by atoms with Gasteiger partial charge in [0, 0.05) is 85.0 Å². The van der Waals surface area contributed by atoms with Crippen molar-refractivity contribution in [3.63, 3.8) is 0 Å². The molecule has 1 unspecified atom stereocenters. The minimum Gasteiger partial charge on any atom is -0.444 e. The Kier molecular flexibility index (Phi) is 8.22. The molecule has 270 valence electrons. The number of aromatic nitrogens is 2. The first-order valence-electron chi connectivity index (χ1n) is 17.6. The van der Waals surface area contributed by atoms with Crippen LogP contribution in [0.3, 0.4) is 0 Å². The molecule has 4 aromatic rings. The number of aryl methyl sites for hydroxylation is 2. The number of hydrogen-bond donors (Lipinski definition) is 1. The topological polar surface area (TPSA) is 142 Å². The fourth-order valence-corrected chi connectivity index (χ4v) is 12.5. The molecule has 0 saturated carbocycles. The second-order valence-corrected chi connectivity index (χ2v) is 19.5. The smallest absolute Gasteiger partial charge is 0.410 e. The van der Waals surface area contributed by atoms with E-state index in [2.05, 4.69) is 15.3 Å². The number of pyridine rings is 2. The van der Waals surface area contributed by atoms with Crippen molar-refractivity contribution in [2.24, 2.45) is 23.7 Å². The minimum atomic E-state index is -3.92. The highest BCUT2D eigenvalue weighted by Crippen LogP contribution is 2.49. The average molecular weight is 733 g/mol. The number of nitrogens with one attached hydrogen (secondary N) is 1. The zero-order chi connectivity index (χ0) is 36.0. The van der Waals surface area contributed by atoms with E-state index in [4.69, 9.17) is 4.74 Å². The SMILES string of the molecule is Cc1cncc2cccc(S(=O)(=O)N3C[C@@H]4CN(C(=O)OC(C)(C)C)C(c5ccc(S(=O)(=O)N6C[C@H]7CNC[C@H]7C6)c6c(C)cncc56)[C@@H]4C3)c12. The third kappa shape index (κ3) is 5.70. The summed E-state index contributed by atoms with van der Waals surface area (Å²) in [6.45, 7) is 12.5. The number of benzene rings is 2. The predicted octanol–water partition coefficient (Wildman–Crippen LogP) is 4.47. The first-order chi connectivity index (χ1) is 24.1. The maximum absolute atomic E-state index is 14.4. The quantitative estimate of drug-likeness (QED) is 0.315. The Bertz CT molecular complexity index is 2270. The number of sulfonamides is 2. The normalized spacial score (nSPS) is 25.9. The van der Waals surface area contributed by atoms with E-state index in [-0.39, 0.29) is 34.7 Å². The van der Waals surface area contributed by atoms with Crippen LogP contribution < -0.4 is 5.32 Å². The number of ether oxygens (including phenoxy) is 1. The molecular weight excluding hydrogens is 689 g/mol. The van der Waals surface area contributed by atoms with E-state index in [0.717, 1.165) is 29.6 Å². The maximum atomic E-state index is 14.4. The number of fused-ring (bicyclic) bond motifs is 4. The summed E-state index contributed by atoms with van der Waals surface area (Å²) in [5.41, 5.74) is 1.46. The van der Waals surface area contributed by atoms with E-state index in [9.17, 15) is 21.6 Å². The first kappa shape index (κ1) is 34.4. The lowest BCUT2D eigenvalue weighted by atomic mass is 9.87. The molecule has 0 bridgehead atoms. The number of carbonyl (C=O) groups excluding carboxylic acids is 1. The van der Waals surface area contributed by atoms with Crippen molar-refractivity contribution < 1.29 is 26.4 Å². The van der Waals surface area contributed by atoms with Gasteiger partial charge >= 0.3 is 6.09 Å². The van der Waals surface area contributed by atoms with Gasteiger partial charge in [-0.1, -0.05) is 18.2 Å². The lowest BCUT2D eigenvalue weighted by Crippen LogP contribution is -2.40. The standard InChI is InChI=1S/C37H44N6O6S2/c1-22-11-38-13-24-7-6-8-31(33(22)24)50(45,46)42-19-27-20-43(36(44)49-37(3,4)5)35(30(27)21-42)28-9-10-32(34-23(2)12-39-16-29(28)34)51(47,48)41-17-25-14-40-15-26(25)18-41/h6-13,16,25-27,30,35,40H,14-15,17-21H2,1-5H3/t25-,26+,27-,30-,35?/m1/s1. The Labute approximate surface area is 299 Å². The third-order valence-corrected chi connectivity index (χ3v) is 15.0. The minimum absolute atomic E-state index is 0.177. The fourth-order valence-electron chi connectivity index (χ4n) is 8.90. The largest absolute Gasteiger partial charge is 0.444 e. The van der Waals surface area contributed by atoms with Crippen LogP contribution in [0.25, 0.3) is 21.5 Å². The molecule has 0 radical (unpaired) electrons. The maximum Gasteiger partial charge on any atom is 0.410 e. The second-order valence-electron chi connectivity index (χ2n) is 15.7. The van der Waals surface area contributed by atoms with Gasteiger partial charge < -0.3 is 15.0 Å². The Hall–Kier alpha value is -3.69. The molecule has 12 nitrogen and oxygen atoms in total. The highest BCUT2D eigenvalue weighted by atomic mass is 32.2. The van der Waals surface area contributed by atoms with Crippen molar-refractivity contribution in [3.05, 3.63) is 71.8 Å². The molecule has 0 spiro atoms. The molecule has 1 N–H and O–H groups in total. The zero-order valence-corrected chi connectivity index (χ0v) is 31.2. The Balaban J connectivity index is 1.21. The number of rotatable bonds is 5. The molecule has 6 heterocycles. The van der Waals surface area contributed by atoms with Crippen LogP contribution in [-0.4, -0.2) is 97.8 Å². The molecule has 0 aliphatic carbocycles. The molecule has 4 aliphatic heterocycles. The van der Waals surface area contributed by atoms with Gasteiger partial charge in [-0.15, -0.1) is 0 Å². The Morgan fingerprint density at radius 1 is 0.765 bits per heavy atom. The van der Waals surface area contributed by atoms with Crippen molar-refractivity contribution in [2.45, 2.75) is 56.1 Å². The average Bonchev–Trinajstić information content (AvgIpc) is 3.85. The summed E-state index contributed by atoms with van der Waals surface area (Å²) in [5.74, 6) is 0.134. The van der Waals surface area contributed by atoms with E-state index in [1.807, 2.05) is 40.7 Å². The van der Waals surface area contributed by atoms with Crippen LogP contribution >= 0.6 is 0 Å². The van der Waals surface area contributed by atoms with Crippen molar-refractivity contribution >= 4 is 47.7 Å². The summed E-state index contributed by atoms with van der Waals surface area (Å²) in [5, 5.41) is 5.99. The van der Waals surface area contributed by atoms with Crippen molar-refractivity contribution in [2.75, 3.05) is 45.8 Å². The fraction of sp³-hybridized carbons (Fsp3) is 0.486. The molecule has 2 aromatic heterocycles. The zero-order valence-electron chi connectivity index (χ0n) is 29.5. The van der Waals surface area contributed by atoms with E-state index in [1.165, 1.54) is 0 Å². The molecule has 1 amide bonds. The second kappa shape index (κ2) is 12.2. The molecule has 5 atom stereocenters. The van der Waals surface area contributed by atoms with Gasteiger partial charge in [0.05, 0.1) is 15.8 Å². The van der Waals surface area contributed by atoms with Crippen LogP contribution in [0.5, 0.6) is 0 Å². The van der Waals surface area contributed by atoms with Crippen molar-refractivity contribution in [3.8, 4) is 0 Å². The number of nitrogens with zero attached hydrogens (tertiary/aromatic N) is 5. The molecule has 2 aromatic carbocycles. The van der Waals surface area contributed by atoms with E-state index >= 15 is 0 Å². The van der Waals surface area contributed by atoms with Gasteiger partial charge in [-0.2, -0.15) is 8.61 Å². The number of carbonyl (C=O) groups is 1. The number of amides is 1. The molecule has 4 saturated heterocycles. The van der Waals surface area contributed by atoms with Gasteiger partial charge in [-0.05, 0) is 94.3 Å². The van der Waals surface area contributed by atoms with E-state index in [0.29, 0.717) is 53.2 Å². The number of hydrogen-bond acceptors (Lipinski definition) is 9. The first-order valence-corrected chi connectivity index (χ1v) is 20.4. The van der Waals surface area contributed by atoms with Gasteiger partial charge in [0.15, 0.2) is 0 Å². The van der Waals surface area contributed by atoms with Gasteiger partial charge in [-0.3, -0.25) is 9.97 Å². The summed E-state index contributed by atoms with van der Waals surface area (Å²) < 4.78 is 66.5. The van der Waals surface area contributed by atoms with Crippen LogP contribution in [0.15, 0.2) is 64.9 Å². The van der Waals surface area contributed by atoms with Crippen LogP contribution in [-0.2, 0) is 24.8 Å². The van der Waals surface area contributed by atoms with Gasteiger partial charge in [0.25, 0.3) is 0 Å². The van der Waals surface area contributed by atoms with E-state index in [1.54, 1.807) is 62.6 Å². The molecular formula is C37H44N6O6S2. The summed E-state index contributed by atoms with van der Waals surface area (Å²) >= 11 is 0. The highest BCUT2D eigenvalue weighted by Gasteiger charge is 2.53. The summed E-state index contributed by atoms with van der Waals surface area (Å²) in [6, 6.07) is 8.14. The third-order valence-electron chi connectivity index (χ3n) is 11.2. The molecule has 14 heteroatoms. The monoisotopic (exact) mass is 732 g/mol. The summed E-state index contributed by atoms with van der Waals surface area (Å²) in [4.78, 5) is 24.8. The summed E-state index contributed by atoms with van der Waals surface area (Å²) in [6.07, 6.45) is 6.20. The van der Waals surface area contributed by atoms with Gasteiger partial charge in [0.1, 0.15) is 5.60 Å². The lowest BCUT2D eigenvalue weighted by Gasteiger charge is -2.32. The predicted molar refractivity (Wildman–Crippen MR) is 193 cm³/mol.